The van der Waals surface area contributed by atoms with E-state index < -0.39 is 10.0 Å². The molecule has 0 unspecified atom stereocenters. The molecule has 0 heterocycles. The van der Waals surface area contributed by atoms with Crippen LogP contribution in [0.25, 0.3) is 0 Å². The highest BCUT2D eigenvalue weighted by Crippen LogP contribution is 2.24. The van der Waals surface area contributed by atoms with Gasteiger partial charge in [0.2, 0.25) is 10.0 Å². The molecule has 0 spiro atoms. The highest BCUT2D eigenvalue weighted by atomic mass is 79.9. The van der Waals surface area contributed by atoms with Gasteiger partial charge < -0.3 is 0 Å². The maximum absolute atomic E-state index is 12.4. The maximum atomic E-state index is 12.4. The van der Waals surface area contributed by atoms with Crippen molar-refractivity contribution in [1.29, 1.82) is 0 Å². The maximum Gasteiger partial charge on any atom is 0.241 e. The molecule has 0 saturated carbocycles. The second kappa shape index (κ2) is 6.48. The topological polar surface area (TPSA) is 46.2 Å². The monoisotopic (exact) mass is 387 g/mol. The Labute approximate surface area is 138 Å². The van der Waals surface area contributed by atoms with Crippen LogP contribution in [0.5, 0.6) is 0 Å². The summed E-state index contributed by atoms with van der Waals surface area (Å²) in [6, 6.07) is 10.8. The Balaban J connectivity index is 2.27. The molecular formula is C15H15BrClNO2S. The third-order valence-corrected chi connectivity index (χ3v) is 5.88. The van der Waals surface area contributed by atoms with Crippen molar-refractivity contribution in [1.82, 2.24) is 4.72 Å². The van der Waals surface area contributed by atoms with Gasteiger partial charge in [0.25, 0.3) is 0 Å². The summed E-state index contributed by atoms with van der Waals surface area (Å²) in [5.74, 6) is 0. The van der Waals surface area contributed by atoms with E-state index in [0.29, 0.717) is 10.6 Å². The fourth-order valence-electron chi connectivity index (χ4n) is 1.94. The van der Waals surface area contributed by atoms with Crippen LogP contribution in [0, 0.1) is 13.8 Å². The standard InChI is InChI=1S/C15H15BrClNO2S/c1-10-8-15(11(2)7-14(10)17)21(19,20)18-9-12-5-3-4-6-13(12)16/h3-8,18H,9H2,1-2H3. The Morgan fingerprint density at radius 2 is 1.81 bits per heavy atom. The third kappa shape index (κ3) is 3.86. The van der Waals surface area contributed by atoms with Gasteiger partial charge in [-0.3, -0.25) is 0 Å². The van der Waals surface area contributed by atoms with Gasteiger partial charge in [-0.25, -0.2) is 13.1 Å². The lowest BCUT2D eigenvalue weighted by Gasteiger charge is -2.12. The van der Waals surface area contributed by atoms with Gasteiger partial charge in [0.1, 0.15) is 0 Å². The van der Waals surface area contributed by atoms with Crippen LogP contribution in [0.3, 0.4) is 0 Å². The first kappa shape index (κ1) is 16.5. The number of benzene rings is 2. The van der Waals surface area contributed by atoms with E-state index in [1.165, 1.54) is 0 Å². The van der Waals surface area contributed by atoms with Crippen LogP contribution in [0.1, 0.15) is 16.7 Å². The average molecular weight is 389 g/mol. The van der Waals surface area contributed by atoms with Gasteiger partial charge in [0, 0.05) is 16.0 Å². The van der Waals surface area contributed by atoms with E-state index in [1.807, 2.05) is 24.3 Å². The molecule has 3 nitrogen and oxygen atoms in total. The zero-order valence-electron chi connectivity index (χ0n) is 11.7. The molecule has 0 saturated heterocycles. The molecule has 6 heteroatoms. The largest absolute Gasteiger partial charge is 0.241 e. The molecule has 0 aliphatic carbocycles. The highest BCUT2D eigenvalue weighted by molar-refractivity contribution is 9.10. The van der Waals surface area contributed by atoms with Crippen molar-refractivity contribution in [3.63, 3.8) is 0 Å². The summed E-state index contributed by atoms with van der Waals surface area (Å²) in [7, 11) is -3.57. The lowest BCUT2D eigenvalue weighted by atomic mass is 10.2. The number of halogens is 2. The number of hydrogen-bond donors (Lipinski definition) is 1. The number of rotatable bonds is 4. The lowest BCUT2D eigenvalue weighted by Crippen LogP contribution is -2.24. The molecule has 2 aromatic rings. The van der Waals surface area contributed by atoms with Crippen LogP contribution in [-0.4, -0.2) is 8.42 Å². The molecule has 112 valence electrons. The van der Waals surface area contributed by atoms with Crippen molar-refractivity contribution in [3.8, 4) is 0 Å². The van der Waals surface area contributed by atoms with Gasteiger partial charge in [0.15, 0.2) is 0 Å². The van der Waals surface area contributed by atoms with E-state index in [-0.39, 0.29) is 11.4 Å². The van der Waals surface area contributed by atoms with Gasteiger partial charge in [-0.05, 0) is 48.7 Å². The lowest BCUT2D eigenvalue weighted by molar-refractivity contribution is 0.580. The van der Waals surface area contributed by atoms with Gasteiger partial charge in [-0.15, -0.1) is 0 Å². The molecule has 2 rings (SSSR count). The first-order chi connectivity index (χ1) is 9.81. The van der Waals surface area contributed by atoms with Crippen LogP contribution in [0.2, 0.25) is 5.02 Å². The summed E-state index contributed by atoms with van der Waals surface area (Å²) in [5, 5.41) is 0.567. The van der Waals surface area contributed by atoms with Crippen molar-refractivity contribution < 1.29 is 8.42 Å². The van der Waals surface area contributed by atoms with Gasteiger partial charge in [0.05, 0.1) is 4.90 Å². The van der Waals surface area contributed by atoms with Crippen molar-refractivity contribution in [2.24, 2.45) is 0 Å². The first-order valence-electron chi connectivity index (χ1n) is 6.31. The van der Waals surface area contributed by atoms with Crippen molar-refractivity contribution in [2.45, 2.75) is 25.3 Å². The van der Waals surface area contributed by atoms with Gasteiger partial charge >= 0.3 is 0 Å². The Morgan fingerprint density at radius 1 is 1.14 bits per heavy atom. The molecule has 21 heavy (non-hydrogen) atoms. The fourth-order valence-corrected chi connectivity index (χ4v) is 3.90. The van der Waals surface area contributed by atoms with Crippen LogP contribution in [-0.2, 0) is 16.6 Å². The SMILES string of the molecule is Cc1cc(S(=O)(=O)NCc2ccccc2Br)c(C)cc1Cl. The molecule has 0 fully saturated rings. The second-order valence-corrected chi connectivity index (χ2v) is 7.78. The van der Waals surface area contributed by atoms with Gasteiger partial charge in [-0.2, -0.15) is 0 Å². The Bertz CT molecular complexity index is 775. The molecule has 0 aliphatic heterocycles. The average Bonchev–Trinajstić information content (AvgIpc) is 2.42. The summed E-state index contributed by atoms with van der Waals surface area (Å²) >= 11 is 9.41. The summed E-state index contributed by atoms with van der Waals surface area (Å²) in [4.78, 5) is 0.261. The molecule has 0 atom stereocenters. The summed E-state index contributed by atoms with van der Waals surface area (Å²) in [5.41, 5.74) is 2.25. The van der Waals surface area contributed by atoms with Crippen LogP contribution in [0.15, 0.2) is 45.8 Å². The van der Waals surface area contributed by atoms with Crippen LogP contribution in [0.4, 0.5) is 0 Å². The number of sulfonamides is 1. The molecule has 0 aliphatic rings. The molecular weight excluding hydrogens is 374 g/mol. The van der Waals surface area contributed by atoms with Crippen molar-refractivity contribution >= 4 is 37.6 Å². The quantitative estimate of drug-likeness (QED) is 0.853. The fraction of sp³-hybridized carbons (Fsp3) is 0.200. The first-order valence-corrected chi connectivity index (χ1v) is 8.96. The minimum Gasteiger partial charge on any atom is -0.207 e. The zero-order chi connectivity index (χ0) is 15.6. The Hall–Kier alpha value is -0.880. The summed E-state index contributed by atoms with van der Waals surface area (Å²) < 4.78 is 28.4. The predicted molar refractivity (Wildman–Crippen MR) is 89.1 cm³/mol. The summed E-state index contributed by atoms with van der Waals surface area (Å²) in [6.07, 6.45) is 0. The Morgan fingerprint density at radius 3 is 2.48 bits per heavy atom. The van der Waals surface area contributed by atoms with E-state index in [9.17, 15) is 8.42 Å². The van der Waals surface area contributed by atoms with Crippen molar-refractivity contribution in [3.05, 3.63) is 62.6 Å². The van der Waals surface area contributed by atoms with E-state index in [2.05, 4.69) is 20.7 Å². The van der Waals surface area contributed by atoms with Crippen LogP contribution < -0.4 is 4.72 Å². The number of nitrogens with one attached hydrogen (secondary N) is 1. The number of hydrogen-bond acceptors (Lipinski definition) is 2. The third-order valence-electron chi connectivity index (χ3n) is 3.16. The molecule has 0 bridgehead atoms. The van der Waals surface area contributed by atoms with E-state index >= 15 is 0 Å². The zero-order valence-corrected chi connectivity index (χ0v) is 14.8. The van der Waals surface area contributed by atoms with Gasteiger partial charge in [-0.1, -0.05) is 45.7 Å². The van der Waals surface area contributed by atoms with E-state index in [1.54, 1.807) is 26.0 Å². The van der Waals surface area contributed by atoms with E-state index in [4.69, 9.17) is 11.6 Å². The molecule has 0 radical (unpaired) electrons. The highest BCUT2D eigenvalue weighted by Gasteiger charge is 2.18. The van der Waals surface area contributed by atoms with Crippen LogP contribution >= 0.6 is 27.5 Å². The van der Waals surface area contributed by atoms with Crippen molar-refractivity contribution in [2.75, 3.05) is 0 Å². The second-order valence-electron chi connectivity index (χ2n) is 4.78. The normalized spacial score (nSPS) is 11.6. The molecule has 2 aromatic carbocycles. The Kier molecular flexibility index (Phi) is 5.09. The predicted octanol–water partition coefficient (Wildman–Crippen LogP) is 4.20. The molecule has 1 N–H and O–H groups in total. The molecule has 0 amide bonds. The molecule has 0 aromatic heterocycles. The smallest absolute Gasteiger partial charge is 0.207 e. The number of aryl methyl sites for hydroxylation is 2. The summed E-state index contributed by atoms with van der Waals surface area (Å²) in [6.45, 7) is 3.75. The minimum absolute atomic E-state index is 0.227. The minimum atomic E-state index is -3.57. The van der Waals surface area contributed by atoms with E-state index in [0.717, 1.165) is 15.6 Å².